The Hall–Kier alpha value is -7.24. The molecule has 378 valence electrons. The number of aromatic nitrogens is 2. The minimum absolute atomic E-state index is 0.0187. The number of fused-ring (bicyclic) bond motifs is 2. The van der Waals surface area contributed by atoms with Gasteiger partial charge in [0.05, 0.1) is 45.9 Å². The zero-order valence-corrected chi connectivity index (χ0v) is 42.8. The molecule has 10 rings (SSSR count). The lowest BCUT2D eigenvalue weighted by Crippen LogP contribution is -2.28. The molecule has 2 saturated heterocycles. The second-order valence-corrected chi connectivity index (χ2v) is 22.5. The Kier molecular flexibility index (Phi) is 15.7. The van der Waals surface area contributed by atoms with E-state index in [1.165, 1.54) is 49.7 Å². The normalized spacial score (nSPS) is 15.3. The van der Waals surface area contributed by atoms with Gasteiger partial charge in [0.2, 0.25) is 20.0 Å². The number of hydrogen-bond acceptors (Lipinski definition) is 10. The van der Waals surface area contributed by atoms with Crippen molar-refractivity contribution in [2.45, 2.75) is 58.5 Å². The highest BCUT2D eigenvalue weighted by Crippen LogP contribution is 2.35. The monoisotopic (exact) mass is 1020 g/mol. The van der Waals surface area contributed by atoms with Gasteiger partial charge in [-0.05, 0) is 131 Å². The van der Waals surface area contributed by atoms with Crippen LogP contribution in [0.15, 0.2) is 156 Å². The highest BCUT2D eigenvalue weighted by atomic mass is 32.2. The Morgan fingerprint density at radius 1 is 0.534 bits per heavy atom. The number of nitrogens with one attached hydrogen (secondary N) is 4. The van der Waals surface area contributed by atoms with Crippen LogP contribution in [0.1, 0.15) is 78.8 Å². The first-order chi connectivity index (χ1) is 35.3. The Morgan fingerprint density at radius 2 is 0.932 bits per heavy atom. The molecule has 6 N–H and O–H groups in total. The lowest BCUT2D eigenvalue weighted by molar-refractivity contribution is 0.221. The Bertz CT molecular complexity index is 3460. The molecule has 73 heavy (non-hydrogen) atoms. The number of aromatic hydroxyl groups is 2. The molecular formula is C57H62N8O6S2. The molecule has 2 aromatic heterocycles. The molecule has 0 spiro atoms. The van der Waals surface area contributed by atoms with Crippen molar-refractivity contribution in [2.75, 3.05) is 47.6 Å². The summed E-state index contributed by atoms with van der Waals surface area (Å²) in [7, 11) is -6.88. The van der Waals surface area contributed by atoms with Crippen LogP contribution in [0.25, 0.3) is 21.8 Å². The average molecular weight is 1020 g/mol. The number of nitrogens with zero attached hydrogens (tertiary/aromatic N) is 4. The van der Waals surface area contributed by atoms with E-state index in [-0.39, 0.29) is 17.5 Å². The zero-order chi connectivity index (χ0) is 51.0. The van der Waals surface area contributed by atoms with Crippen LogP contribution in [0.3, 0.4) is 0 Å². The summed E-state index contributed by atoms with van der Waals surface area (Å²) in [4.78, 5) is 20.9. The van der Waals surface area contributed by atoms with E-state index < -0.39 is 20.0 Å². The molecule has 0 aliphatic carbocycles. The van der Waals surface area contributed by atoms with Crippen LogP contribution in [0.5, 0.6) is 11.8 Å². The number of aliphatic imine (C=N–C) groups is 2. The second kappa shape index (κ2) is 22.7. The van der Waals surface area contributed by atoms with E-state index in [1.807, 2.05) is 84.9 Å². The summed E-state index contributed by atoms with van der Waals surface area (Å²) in [5, 5.41) is 23.2. The number of H-pyrrole nitrogens is 2. The van der Waals surface area contributed by atoms with Crippen LogP contribution in [-0.4, -0.2) is 96.4 Å². The molecule has 4 heterocycles. The molecule has 14 nitrogen and oxygen atoms in total. The summed E-state index contributed by atoms with van der Waals surface area (Å²) in [5.74, 6) is -0.0681. The number of aromatic amines is 2. The summed E-state index contributed by atoms with van der Waals surface area (Å²) in [5.41, 5.74) is 10.2. The first-order valence-electron chi connectivity index (χ1n) is 24.9. The van der Waals surface area contributed by atoms with Crippen molar-refractivity contribution >= 4 is 76.0 Å². The summed E-state index contributed by atoms with van der Waals surface area (Å²) >= 11 is 0. The lowest BCUT2D eigenvalue weighted by Gasteiger charge is -2.26. The van der Waals surface area contributed by atoms with Gasteiger partial charge < -0.3 is 20.2 Å². The van der Waals surface area contributed by atoms with Gasteiger partial charge in [0.15, 0.2) is 11.8 Å². The third kappa shape index (κ3) is 13.1. The molecule has 0 bridgehead atoms. The number of anilines is 2. The van der Waals surface area contributed by atoms with Gasteiger partial charge >= 0.3 is 0 Å². The fourth-order valence-electron chi connectivity index (χ4n) is 9.51. The van der Waals surface area contributed by atoms with Gasteiger partial charge in [-0.15, -0.1) is 0 Å². The predicted octanol–water partition coefficient (Wildman–Crippen LogP) is 11.2. The first-order valence-corrected chi connectivity index (χ1v) is 28.4. The Morgan fingerprint density at radius 3 is 1.32 bits per heavy atom. The Labute approximate surface area is 427 Å². The van der Waals surface area contributed by atoms with E-state index in [4.69, 9.17) is 9.98 Å². The standard InChI is InChI=1S/C29H32N4O3S.C28H30N4O3S/c1-2-37(35,36)32-24-15-16-26-25(19-24)27(29(34)31-26)28(22-9-5-3-6-10-22)30-23-13-11-21(12-14-23)20-33-17-7-4-8-18-33;1-36(34,35)31-23-14-15-25-24(18-23)26(28(33)30-25)27(21-8-4-2-5-9-21)29-22-12-10-20(11-13-22)19-32-16-6-3-7-17-32/h3,5-6,9-16,19,31-32,34H,2,4,7-8,17-18,20H2,1H3;2,4-5,8-15,18,30-31,33H,3,6-7,16-17,19H2,1H3. The molecule has 0 unspecified atom stereocenters. The van der Waals surface area contributed by atoms with Gasteiger partial charge in [0, 0.05) is 57.4 Å². The smallest absolute Gasteiger partial charge is 0.232 e. The van der Waals surface area contributed by atoms with Crippen molar-refractivity contribution in [3.63, 3.8) is 0 Å². The van der Waals surface area contributed by atoms with E-state index >= 15 is 0 Å². The number of rotatable bonds is 15. The van der Waals surface area contributed by atoms with Gasteiger partial charge in [-0.25, -0.2) is 26.8 Å². The molecule has 2 fully saturated rings. The summed E-state index contributed by atoms with van der Waals surface area (Å²) in [6.07, 6.45) is 8.80. The SMILES string of the molecule is CCS(=O)(=O)Nc1ccc2[nH]c(O)c(C(=Nc3ccc(CN4CCCCC4)cc3)c3ccccc3)c2c1.CS(=O)(=O)Nc1ccc2[nH]c(O)c(C(=Nc3ccc(CN4CCCCC4)cc3)c3ccccc3)c2c1. The summed E-state index contributed by atoms with van der Waals surface area (Å²) in [6, 6.07) is 46.1. The second-order valence-electron chi connectivity index (χ2n) is 18.8. The molecule has 0 atom stereocenters. The van der Waals surface area contributed by atoms with Gasteiger partial charge in [-0.1, -0.05) is 97.8 Å². The van der Waals surface area contributed by atoms with E-state index in [0.717, 1.165) is 68.0 Å². The van der Waals surface area contributed by atoms with E-state index in [9.17, 15) is 27.0 Å². The molecule has 8 aromatic rings. The van der Waals surface area contributed by atoms with Crippen molar-refractivity contribution in [1.29, 1.82) is 0 Å². The van der Waals surface area contributed by atoms with Crippen LogP contribution in [-0.2, 0) is 33.1 Å². The number of hydrogen-bond donors (Lipinski definition) is 6. The van der Waals surface area contributed by atoms with Crippen molar-refractivity contribution in [1.82, 2.24) is 19.8 Å². The Balaban J connectivity index is 0.000000180. The quantitative estimate of drug-likeness (QED) is 0.0546. The van der Waals surface area contributed by atoms with Crippen molar-refractivity contribution in [2.24, 2.45) is 9.98 Å². The third-order valence-electron chi connectivity index (χ3n) is 13.1. The van der Waals surface area contributed by atoms with Crippen molar-refractivity contribution < 1.29 is 27.0 Å². The lowest BCUT2D eigenvalue weighted by atomic mass is 10.0. The highest BCUT2D eigenvalue weighted by Gasteiger charge is 2.22. The molecular weight excluding hydrogens is 957 g/mol. The summed E-state index contributed by atoms with van der Waals surface area (Å²) in [6.45, 7) is 8.06. The van der Waals surface area contributed by atoms with Gasteiger partial charge in [-0.2, -0.15) is 0 Å². The number of sulfonamides is 2. The number of benzene rings is 6. The minimum atomic E-state index is -3.44. The molecule has 2 aliphatic rings. The summed E-state index contributed by atoms with van der Waals surface area (Å²) < 4.78 is 53.0. The minimum Gasteiger partial charge on any atom is -0.494 e. The topological polar surface area (TPSA) is 196 Å². The molecule has 6 aromatic carbocycles. The van der Waals surface area contributed by atoms with Crippen molar-refractivity contribution in [3.8, 4) is 11.8 Å². The zero-order valence-electron chi connectivity index (χ0n) is 41.2. The fraction of sp³-hybridized carbons (Fsp3) is 0.263. The molecule has 0 radical (unpaired) electrons. The maximum Gasteiger partial charge on any atom is 0.232 e. The fourth-order valence-corrected chi connectivity index (χ4v) is 10.7. The molecule has 16 heteroatoms. The van der Waals surface area contributed by atoms with Crippen LogP contribution in [0.2, 0.25) is 0 Å². The number of piperidine rings is 2. The molecule has 0 saturated carbocycles. The van der Waals surface area contributed by atoms with E-state index in [0.29, 0.717) is 55.7 Å². The maximum absolute atomic E-state index is 12.1. The molecule has 2 aliphatic heterocycles. The van der Waals surface area contributed by atoms with Gasteiger partial charge in [0.25, 0.3) is 0 Å². The largest absolute Gasteiger partial charge is 0.494 e. The molecule has 0 amide bonds. The van der Waals surface area contributed by atoms with Crippen LogP contribution in [0.4, 0.5) is 22.7 Å². The van der Waals surface area contributed by atoms with Crippen molar-refractivity contribution in [3.05, 3.63) is 179 Å². The van der Waals surface area contributed by atoms with Crippen LogP contribution in [0, 0.1) is 0 Å². The predicted molar refractivity (Wildman–Crippen MR) is 296 cm³/mol. The highest BCUT2D eigenvalue weighted by molar-refractivity contribution is 7.92. The van der Waals surface area contributed by atoms with E-state index in [2.05, 4.69) is 53.5 Å². The first kappa shape index (κ1) is 50.7. The van der Waals surface area contributed by atoms with Gasteiger partial charge in [-0.3, -0.25) is 19.2 Å². The number of likely N-dealkylation sites (tertiary alicyclic amines) is 2. The van der Waals surface area contributed by atoms with Gasteiger partial charge in [0.1, 0.15) is 0 Å². The van der Waals surface area contributed by atoms with Crippen LogP contribution < -0.4 is 9.44 Å². The van der Waals surface area contributed by atoms with E-state index in [1.54, 1.807) is 43.3 Å². The third-order valence-corrected chi connectivity index (χ3v) is 15.1. The maximum atomic E-state index is 12.1. The van der Waals surface area contributed by atoms with Crippen LogP contribution >= 0.6 is 0 Å². The average Bonchev–Trinajstić information content (AvgIpc) is 3.90.